The monoisotopic (exact) mass is 390 g/mol. The average Bonchev–Trinajstić information content (AvgIpc) is 2.77. The lowest BCUT2D eigenvalue weighted by Crippen LogP contribution is -2.39. The van der Waals surface area contributed by atoms with Gasteiger partial charge in [-0.1, -0.05) is 42.5 Å². The number of benzene rings is 2. The van der Waals surface area contributed by atoms with E-state index < -0.39 is 0 Å². The number of likely N-dealkylation sites (tertiary alicyclic amines) is 1. The first-order valence-electron chi connectivity index (χ1n) is 9.86. The molecule has 4 rings (SSSR count). The van der Waals surface area contributed by atoms with E-state index in [1.54, 1.807) is 18.2 Å². The first-order valence-corrected chi connectivity index (χ1v) is 9.86. The summed E-state index contributed by atoms with van der Waals surface area (Å²) < 4.78 is 13.7. The van der Waals surface area contributed by atoms with Crippen LogP contribution in [0.25, 0.3) is 0 Å². The van der Waals surface area contributed by atoms with E-state index in [-0.39, 0.29) is 11.7 Å². The molecule has 2 aromatic carbocycles. The van der Waals surface area contributed by atoms with Crippen LogP contribution in [0, 0.1) is 11.7 Å². The summed E-state index contributed by atoms with van der Waals surface area (Å²) in [5, 5.41) is 2.87. The Morgan fingerprint density at radius 2 is 1.72 bits per heavy atom. The highest BCUT2D eigenvalue weighted by molar-refractivity contribution is 5.92. The van der Waals surface area contributed by atoms with Crippen LogP contribution in [0.4, 0.5) is 15.9 Å². The summed E-state index contributed by atoms with van der Waals surface area (Å²) >= 11 is 0. The molecule has 1 N–H and O–H groups in total. The van der Waals surface area contributed by atoms with Crippen molar-refractivity contribution in [2.45, 2.75) is 19.3 Å². The van der Waals surface area contributed by atoms with Crippen molar-refractivity contribution in [2.75, 3.05) is 18.4 Å². The van der Waals surface area contributed by atoms with Crippen molar-refractivity contribution in [1.29, 1.82) is 0 Å². The zero-order valence-electron chi connectivity index (χ0n) is 16.1. The predicted molar refractivity (Wildman–Crippen MR) is 110 cm³/mol. The summed E-state index contributed by atoms with van der Waals surface area (Å²) in [5.41, 5.74) is 1.98. The number of halogens is 1. The largest absolute Gasteiger partial charge is 0.337 e. The molecular formula is C23H23FN4O. The van der Waals surface area contributed by atoms with Gasteiger partial charge in [-0.25, -0.2) is 14.4 Å². The molecule has 6 heteroatoms. The summed E-state index contributed by atoms with van der Waals surface area (Å²) in [4.78, 5) is 23.0. The number of rotatable bonds is 5. The maximum atomic E-state index is 13.7. The van der Waals surface area contributed by atoms with Crippen molar-refractivity contribution in [3.8, 4) is 0 Å². The van der Waals surface area contributed by atoms with Crippen LogP contribution in [0.2, 0.25) is 0 Å². The van der Waals surface area contributed by atoms with Crippen molar-refractivity contribution < 1.29 is 9.18 Å². The lowest BCUT2D eigenvalue weighted by Gasteiger charge is -2.31. The summed E-state index contributed by atoms with van der Waals surface area (Å²) in [6.07, 6.45) is 5.93. The number of nitrogens with zero attached hydrogens (tertiary/aromatic N) is 3. The number of anilines is 2. The highest BCUT2D eigenvalue weighted by Gasteiger charge is 2.24. The molecule has 1 aliphatic heterocycles. The molecule has 2 heterocycles. The highest BCUT2D eigenvalue weighted by atomic mass is 19.1. The van der Waals surface area contributed by atoms with E-state index in [1.165, 1.54) is 24.0 Å². The number of carbonyl (C=O) groups is 1. The van der Waals surface area contributed by atoms with Gasteiger partial charge in [-0.2, -0.15) is 0 Å². The van der Waals surface area contributed by atoms with Crippen LogP contribution in [0.1, 0.15) is 28.9 Å². The topological polar surface area (TPSA) is 58.1 Å². The average molecular weight is 390 g/mol. The Hall–Kier alpha value is -3.28. The molecule has 148 valence electrons. The van der Waals surface area contributed by atoms with Gasteiger partial charge in [-0.15, -0.1) is 0 Å². The van der Waals surface area contributed by atoms with Crippen molar-refractivity contribution in [1.82, 2.24) is 14.9 Å². The van der Waals surface area contributed by atoms with Crippen molar-refractivity contribution >= 4 is 17.4 Å². The van der Waals surface area contributed by atoms with Gasteiger partial charge >= 0.3 is 0 Å². The van der Waals surface area contributed by atoms with Gasteiger partial charge in [0.2, 0.25) is 0 Å². The smallest absolute Gasteiger partial charge is 0.274 e. The number of para-hydroxylation sites is 1. The van der Waals surface area contributed by atoms with Crippen molar-refractivity contribution in [2.24, 2.45) is 5.92 Å². The van der Waals surface area contributed by atoms with Crippen LogP contribution in [-0.2, 0) is 6.42 Å². The molecule has 1 fully saturated rings. The van der Waals surface area contributed by atoms with E-state index >= 15 is 0 Å². The molecule has 1 aliphatic rings. The van der Waals surface area contributed by atoms with Crippen LogP contribution in [-0.4, -0.2) is 33.9 Å². The second-order valence-corrected chi connectivity index (χ2v) is 7.32. The molecule has 0 unspecified atom stereocenters. The summed E-state index contributed by atoms with van der Waals surface area (Å²) in [6.45, 7) is 1.46. The number of carbonyl (C=O) groups excluding carboxylic acids is 1. The molecule has 3 aromatic rings. The van der Waals surface area contributed by atoms with Crippen LogP contribution in [0.15, 0.2) is 67.0 Å². The molecule has 0 saturated carbocycles. The molecule has 5 nitrogen and oxygen atoms in total. The van der Waals surface area contributed by atoms with E-state index in [1.807, 2.05) is 11.0 Å². The van der Waals surface area contributed by atoms with Crippen molar-refractivity contribution in [3.63, 3.8) is 0 Å². The molecule has 0 atom stereocenters. The highest BCUT2D eigenvalue weighted by Crippen LogP contribution is 2.23. The summed E-state index contributed by atoms with van der Waals surface area (Å²) in [5.74, 6) is 0.522. The van der Waals surface area contributed by atoms with E-state index in [2.05, 4.69) is 39.6 Å². The Balaban J connectivity index is 1.32. The molecule has 1 saturated heterocycles. The second kappa shape index (κ2) is 8.82. The molecule has 0 spiro atoms. The van der Waals surface area contributed by atoms with Gasteiger partial charge in [0.15, 0.2) is 0 Å². The maximum absolute atomic E-state index is 13.7. The first-order chi connectivity index (χ1) is 14.2. The van der Waals surface area contributed by atoms with Gasteiger partial charge in [0.1, 0.15) is 17.3 Å². The molecule has 0 aliphatic carbocycles. The minimum Gasteiger partial charge on any atom is -0.337 e. The normalized spacial score (nSPS) is 14.6. The zero-order chi connectivity index (χ0) is 20.1. The minimum absolute atomic E-state index is 0.104. The molecular weight excluding hydrogens is 367 g/mol. The summed E-state index contributed by atoms with van der Waals surface area (Å²) in [6, 6.07) is 16.8. The van der Waals surface area contributed by atoms with Crippen molar-refractivity contribution in [3.05, 3.63) is 84.1 Å². The van der Waals surface area contributed by atoms with Gasteiger partial charge in [0, 0.05) is 13.1 Å². The third kappa shape index (κ3) is 4.77. The Bertz CT molecular complexity index is 954. The van der Waals surface area contributed by atoms with E-state index in [4.69, 9.17) is 0 Å². The van der Waals surface area contributed by atoms with Crippen LogP contribution in [0.5, 0.6) is 0 Å². The Morgan fingerprint density at radius 1 is 1.00 bits per heavy atom. The third-order valence-electron chi connectivity index (χ3n) is 5.28. The van der Waals surface area contributed by atoms with Gasteiger partial charge in [0.25, 0.3) is 5.91 Å². The number of nitrogens with one attached hydrogen (secondary N) is 1. The Kier molecular flexibility index (Phi) is 5.79. The SMILES string of the molecule is O=C(c1cnc(Nc2ccccc2F)cn1)N1CCC(Cc2ccccc2)CC1. The number of amides is 1. The van der Waals surface area contributed by atoms with E-state index in [0.29, 0.717) is 23.1 Å². The molecule has 0 bridgehead atoms. The maximum Gasteiger partial charge on any atom is 0.274 e. The fourth-order valence-electron chi connectivity index (χ4n) is 3.65. The molecule has 1 amide bonds. The minimum atomic E-state index is -0.368. The fraction of sp³-hybridized carbons (Fsp3) is 0.261. The van der Waals surface area contributed by atoms with Gasteiger partial charge in [-0.3, -0.25) is 4.79 Å². The molecule has 1 aromatic heterocycles. The van der Waals surface area contributed by atoms with Gasteiger partial charge in [0.05, 0.1) is 18.1 Å². The molecule has 0 radical (unpaired) electrons. The first kappa shape index (κ1) is 19.1. The quantitative estimate of drug-likeness (QED) is 0.699. The lowest BCUT2D eigenvalue weighted by molar-refractivity contribution is 0.0684. The fourth-order valence-corrected chi connectivity index (χ4v) is 3.65. The van der Waals surface area contributed by atoms with E-state index in [0.717, 1.165) is 32.4 Å². The lowest BCUT2D eigenvalue weighted by atomic mass is 9.90. The third-order valence-corrected chi connectivity index (χ3v) is 5.28. The Labute approximate surface area is 169 Å². The Morgan fingerprint density at radius 3 is 2.41 bits per heavy atom. The summed E-state index contributed by atoms with van der Waals surface area (Å²) in [7, 11) is 0. The number of aromatic nitrogens is 2. The standard InChI is InChI=1S/C23H23FN4O/c24-19-8-4-5-9-20(19)27-22-16-25-21(15-26-22)23(29)28-12-10-18(11-13-28)14-17-6-2-1-3-7-17/h1-9,15-16,18H,10-14H2,(H,26,27). The zero-order valence-corrected chi connectivity index (χ0v) is 16.1. The van der Waals surface area contributed by atoms with Crippen LogP contribution >= 0.6 is 0 Å². The number of piperidine rings is 1. The number of hydrogen-bond donors (Lipinski definition) is 1. The van der Waals surface area contributed by atoms with Crippen LogP contribution in [0.3, 0.4) is 0 Å². The predicted octanol–water partition coefficient (Wildman–Crippen LogP) is 4.45. The van der Waals surface area contributed by atoms with Gasteiger partial charge in [-0.05, 0) is 42.9 Å². The van der Waals surface area contributed by atoms with Crippen LogP contribution < -0.4 is 5.32 Å². The van der Waals surface area contributed by atoms with E-state index in [9.17, 15) is 9.18 Å². The second-order valence-electron chi connectivity index (χ2n) is 7.32. The van der Waals surface area contributed by atoms with Gasteiger partial charge < -0.3 is 10.2 Å². The number of hydrogen-bond acceptors (Lipinski definition) is 4. The molecule has 29 heavy (non-hydrogen) atoms.